The summed E-state index contributed by atoms with van der Waals surface area (Å²) in [6.45, 7) is 2.17. The van der Waals surface area contributed by atoms with Crippen LogP contribution in [0.3, 0.4) is 0 Å². The van der Waals surface area contributed by atoms with Gasteiger partial charge in [0.15, 0.2) is 0 Å². The molecule has 0 radical (unpaired) electrons. The summed E-state index contributed by atoms with van der Waals surface area (Å²) in [6, 6.07) is 0. The number of rotatable bonds is 5. The third-order valence-electron chi connectivity index (χ3n) is 1.18. The van der Waals surface area contributed by atoms with Crippen LogP contribution >= 0.6 is 0 Å². The molecule has 0 spiro atoms. The van der Waals surface area contributed by atoms with Crippen molar-refractivity contribution < 1.29 is 35.8 Å². The van der Waals surface area contributed by atoms with Crippen LogP contribution < -0.4 is 29.6 Å². The summed E-state index contributed by atoms with van der Waals surface area (Å²) in [5.74, 6) is 0. The van der Waals surface area contributed by atoms with E-state index in [2.05, 4.69) is 6.92 Å². The molecular formula is C7H15NaO. The van der Waals surface area contributed by atoms with Crippen LogP contribution in [0.5, 0.6) is 0 Å². The minimum atomic E-state index is 0. The van der Waals surface area contributed by atoms with E-state index in [0.29, 0.717) is 0 Å². The number of carbonyl (C=O) groups excluding carboxylic acids is 1. The maximum absolute atomic E-state index is 9.77. The molecule has 0 rings (SSSR count). The maximum atomic E-state index is 9.77. The Kier molecular flexibility index (Phi) is 15.7. The first-order valence-electron chi connectivity index (χ1n) is 3.35. The molecule has 0 saturated heterocycles. The van der Waals surface area contributed by atoms with Crippen LogP contribution in [-0.2, 0) is 4.79 Å². The van der Waals surface area contributed by atoms with Crippen LogP contribution in [0.1, 0.15) is 40.5 Å². The van der Waals surface area contributed by atoms with E-state index in [1.54, 1.807) is 0 Å². The van der Waals surface area contributed by atoms with E-state index in [-0.39, 0.29) is 31.0 Å². The van der Waals surface area contributed by atoms with Crippen molar-refractivity contribution in [1.82, 2.24) is 0 Å². The molecule has 0 bridgehead atoms. The molecule has 0 heterocycles. The summed E-state index contributed by atoms with van der Waals surface area (Å²) in [5.41, 5.74) is 0. The molecule has 0 saturated carbocycles. The smallest absolute Gasteiger partial charge is 1.00 e. The zero-order valence-electron chi connectivity index (χ0n) is 7.52. The van der Waals surface area contributed by atoms with Crippen molar-refractivity contribution in [2.45, 2.75) is 39.0 Å². The number of hydrogen-bond donors (Lipinski definition) is 0. The van der Waals surface area contributed by atoms with Crippen LogP contribution in [0.25, 0.3) is 0 Å². The van der Waals surface area contributed by atoms with Crippen LogP contribution in [0.4, 0.5) is 0 Å². The standard InChI is InChI=1S/C7H14O.Na.H/c1-2-3-4-5-6-7-8;;/h7H,2-6H2,1H3;;/q;+1;-1. The van der Waals surface area contributed by atoms with E-state index in [4.69, 9.17) is 0 Å². The SMILES string of the molecule is CCCCCCC=O.[H-].[Na+]. The minimum absolute atomic E-state index is 0. The number of carbonyl (C=O) groups is 1. The molecule has 0 aliphatic heterocycles. The van der Waals surface area contributed by atoms with Crippen LogP contribution in [0.15, 0.2) is 0 Å². The van der Waals surface area contributed by atoms with Gasteiger partial charge >= 0.3 is 29.6 Å². The first-order valence-corrected chi connectivity index (χ1v) is 3.35. The van der Waals surface area contributed by atoms with Gasteiger partial charge in [-0.3, -0.25) is 0 Å². The fourth-order valence-electron chi connectivity index (χ4n) is 0.654. The number of aldehydes is 1. The molecular weight excluding hydrogens is 123 g/mol. The Bertz CT molecular complexity index is 59.6. The molecule has 0 aromatic rings. The van der Waals surface area contributed by atoms with Crippen molar-refractivity contribution >= 4 is 6.29 Å². The second-order valence-electron chi connectivity index (χ2n) is 2.02. The van der Waals surface area contributed by atoms with Gasteiger partial charge in [-0.2, -0.15) is 0 Å². The van der Waals surface area contributed by atoms with Gasteiger partial charge in [0.25, 0.3) is 0 Å². The van der Waals surface area contributed by atoms with Crippen molar-refractivity contribution in [3.63, 3.8) is 0 Å². The molecule has 0 unspecified atom stereocenters. The topological polar surface area (TPSA) is 17.1 Å². The van der Waals surface area contributed by atoms with Gasteiger partial charge in [-0.1, -0.05) is 26.2 Å². The fourth-order valence-corrected chi connectivity index (χ4v) is 0.654. The Morgan fingerprint density at radius 3 is 2.44 bits per heavy atom. The molecule has 2 heteroatoms. The second-order valence-corrected chi connectivity index (χ2v) is 2.02. The van der Waals surface area contributed by atoms with Crippen molar-refractivity contribution in [3.8, 4) is 0 Å². The van der Waals surface area contributed by atoms with E-state index >= 15 is 0 Å². The Labute approximate surface area is 81.0 Å². The van der Waals surface area contributed by atoms with Gasteiger partial charge in [0.1, 0.15) is 6.29 Å². The summed E-state index contributed by atoms with van der Waals surface area (Å²) >= 11 is 0. The van der Waals surface area contributed by atoms with Gasteiger partial charge < -0.3 is 6.22 Å². The Balaban J connectivity index is -0.000000245. The predicted octanol–water partition coefficient (Wildman–Crippen LogP) is -0.728. The average molecular weight is 138 g/mol. The number of hydrogen-bond acceptors (Lipinski definition) is 1. The molecule has 0 fully saturated rings. The van der Waals surface area contributed by atoms with Gasteiger partial charge in [-0.25, -0.2) is 0 Å². The molecule has 1 nitrogen and oxygen atoms in total. The molecule has 0 N–H and O–H groups in total. The zero-order valence-corrected chi connectivity index (χ0v) is 8.52. The fraction of sp³-hybridized carbons (Fsp3) is 0.857. The third kappa shape index (κ3) is 12.0. The van der Waals surface area contributed by atoms with E-state index in [9.17, 15) is 4.79 Å². The van der Waals surface area contributed by atoms with Crippen molar-refractivity contribution in [1.29, 1.82) is 0 Å². The summed E-state index contributed by atoms with van der Waals surface area (Å²) < 4.78 is 0. The Hall–Kier alpha value is 0.670. The summed E-state index contributed by atoms with van der Waals surface area (Å²) in [7, 11) is 0. The molecule has 0 amide bonds. The number of unbranched alkanes of at least 4 members (excludes halogenated alkanes) is 4. The molecule has 0 aromatic carbocycles. The molecule has 0 atom stereocenters. The molecule has 0 aliphatic rings. The van der Waals surface area contributed by atoms with Gasteiger partial charge in [-0.05, 0) is 6.42 Å². The molecule has 0 aliphatic carbocycles. The van der Waals surface area contributed by atoms with Gasteiger partial charge in [0.2, 0.25) is 0 Å². The predicted molar refractivity (Wildman–Crippen MR) is 35.9 cm³/mol. The summed E-state index contributed by atoms with van der Waals surface area (Å²) in [5, 5.41) is 0. The summed E-state index contributed by atoms with van der Waals surface area (Å²) in [4.78, 5) is 9.77. The first-order chi connectivity index (χ1) is 3.91. The maximum Gasteiger partial charge on any atom is 1.00 e. The summed E-state index contributed by atoms with van der Waals surface area (Å²) in [6.07, 6.45) is 6.56. The molecule has 9 heavy (non-hydrogen) atoms. The van der Waals surface area contributed by atoms with Crippen LogP contribution in [0.2, 0.25) is 0 Å². The zero-order chi connectivity index (χ0) is 6.24. The average Bonchev–Trinajstić information content (AvgIpc) is 1.81. The van der Waals surface area contributed by atoms with Crippen molar-refractivity contribution in [3.05, 3.63) is 0 Å². The van der Waals surface area contributed by atoms with Gasteiger partial charge in [-0.15, -0.1) is 0 Å². The van der Waals surface area contributed by atoms with E-state index < -0.39 is 0 Å². The van der Waals surface area contributed by atoms with E-state index in [1.165, 1.54) is 19.3 Å². The largest absolute Gasteiger partial charge is 1.00 e. The monoisotopic (exact) mass is 138 g/mol. The van der Waals surface area contributed by atoms with Gasteiger partial charge in [0, 0.05) is 6.42 Å². The van der Waals surface area contributed by atoms with Gasteiger partial charge in [0.05, 0.1) is 0 Å². The Morgan fingerprint density at radius 2 is 2.00 bits per heavy atom. The van der Waals surface area contributed by atoms with E-state index in [1.807, 2.05) is 0 Å². The second kappa shape index (κ2) is 11.5. The van der Waals surface area contributed by atoms with Crippen molar-refractivity contribution in [2.24, 2.45) is 0 Å². The third-order valence-corrected chi connectivity index (χ3v) is 1.18. The first kappa shape index (κ1) is 12.4. The minimum Gasteiger partial charge on any atom is -1.00 e. The van der Waals surface area contributed by atoms with Crippen LogP contribution in [-0.4, -0.2) is 6.29 Å². The Morgan fingerprint density at radius 1 is 1.33 bits per heavy atom. The normalized spacial score (nSPS) is 8.11. The van der Waals surface area contributed by atoms with Crippen LogP contribution in [0, 0.1) is 0 Å². The molecule has 50 valence electrons. The quantitative estimate of drug-likeness (QED) is 0.278. The molecule has 0 aromatic heterocycles. The van der Waals surface area contributed by atoms with Crippen molar-refractivity contribution in [2.75, 3.05) is 0 Å². The van der Waals surface area contributed by atoms with E-state index in [0.717, 1.165) is 19.1 Å².